The van der Waals surface area contributed by atoms with Crippen LogP contribution in [-0.2, 0) is 12.8 Å². The van der Waals surface area contributed by atoms with Crippen LogP contribution >= 0.6 is 0 Å². The molecule has 2 aromatic rings. The molecule has 0 saturated heterocycles. The van der Waals surface area contributed by atoms with E-state index in [1.807, 2.05) is 0 Å². The van der Waals surface area contributed by atoms with Crippen LogP contribution in [0.2, 0.25) is 0 Å². The van der Waals surface area contributed by atoms with Gasteiger partial charge in [0, 0.05) is 17.1 Å². The molecule has 1 N–H and O–H groups in total. The molecule has 0 radical (unpaired) electrons. The number of nitrogens with one attached hydrogen (secondary N) is 1. The summed E-state index contributed by atoms with van der Waals surface area (Å²) >= 11 is 0. The third-order valence-corrected chi connectivity index (χ3v) is 6.16. The van der Waals surface area contributed by atoms with Gasteiger partial charge in [0.15, 0.2) is 0 Å². The van der Waals surface area contributed by atoms with Gasteiger partial charge in [0.25, 0.3) is 0 Å². The quantitative estimate of drug-likeness (QED) is 0.718. The highest BCUT2D eigenvalue weighted by molar-refractivity contribution is 6.02. The molecule has 1 heterocycles. The molecule has 1 aliphatic carbocycles. The number of benzene rings is 2. The molecule has 2 aliphatic rings. The lowest BCUT2D eigenvalue weighted by Crippen LogP contribution is -2.44. The lowest BCUT2D eigenvalue weighted by Gasteiger charge is -2.43. The zero-order valence-corrected chi connectivity index (χ0v) is 15.9. The number of anilines is 1. The first-order valence-corrected chi connectivity index (χ1v) is 10.2. The number of para-hydroxylation sites is 1. The van der Waals surface area contributed by atoms with E-state index in [0.29, 0.717) is 6.04 Å². The Morgan fingerprint density at radius 2 is 1.69 bits per heavy atom. The Labute approximate surface area is 157 Å². The number of nitrogens with zero attached hydrogens (tertiary/aromatic N) is 1. The molecule has 2 heteroatoms. The second kappa shape index (κ2) is 7.65. The van der Waals surface area contributed by atoms with Gasteiger partial charge in [-0.3, -0.25) is 4.99 Å². The monoisotopic (exact) mass is 346 g/mol. The Hall–Kier alpha value is -2.09. The van der Waals surface area contributed by atoms with Crippen LogP contribution in [0.5, 0.6) is 0 Å². The highest BCUT2D eigenvalue weighted by atomic mass is 15.0. The van der Waals surface area contributed by atoms with Gasteiger partial charge in [0.2, 0.25) is 0 Å². The Kier molecular flexibility index (Phi) is 5.10. The fourth-order valence-electron chi connectivity index (χ4n) is 4.62. The molecule has 1 spiro atoms. The number of aliphatic imine (C=N–C) groups is 1. The van der Waals surface area contributed by atoms with Crippen LogP contribution in [0.3, 0.4) is 0 Å². The molecular weight excluding hydrogens is 316 g/mol. The first-order valence-electron chi connectivity index (χ1n) is 10.2. The van der Waals surface area contributed by atoms with Gasteiger partial charge in [0.05, 0.1) is 0 Å². The largest absolute Gasteiger partial charge is 0.343 e. The second-order valence-corrected chi connectivity index (χ2v) is 8.15. The molecule has 0 amide bonds. The summed E-state index contributed by atoms with van der Waals surface area (Å²) in [5.41, 5.74) is 4.38. The molecule has 0 bridgehead atoms. The molecule has 1 fully saturated rings. The fourth-order valence-corrected chi connectivity index (χ4v) is 4.62. The van der Waals surface area contributed by atoms with E-state index in [1.165, 1.54) is 54.8 Å². The minimum absolute atomic E-state index is 0.244. The molecule has 1 atom stereocenters. The van der Waals surface area contributed by atoms with Crippen LogP contribution in [0.25, 0.3) is 0 Å². The number of hydrogen-bond acceptors (Lipinski definition) is 1. The summed E-state index contributed by atoms with van der Waals surface area (Å²) in [4.78, 5) is 5.23. The molecule has 1 aliphatic heterocycles. The third kappa shape index (κ3) is 3.70. The predicted molar refractivity (Wildman–Crippen MR) is 111 cm³/mol. The number of fused-ring (bicyclic) bond motifs is 1. The van der Waals surface area contributed by atoms with E-state index in [2.05, 4.69) is 66.8 Å². The molecule has 1 unspecified atom stereocenters. The Morgan fingerprint density at radius 1 is 0.962 bits per heavy atom. The van der Waals surface area contributed by atoms with Crippen LogP contribution < -0.4 is 5.32 Å². The zero-order chi connectivity index (χ0) is 17.8. The number of hydrogen-bond donors (Lipinski definition) is 1. The van der Waals surface area contributed by atoms with Crippen molar-refractivity contribution in [2.24, 2.45) is 10.4 Å². The number of aryl methyl sites for hydroxylation is 1. The van der Waals surface area contributed by atoms with Crippen LogP contribution in [-0.4, -0.2) is 11.9 Å². The standard InChI is InChI=1S/C24H30N2/c1-19(14-15-20-10-4-2-5-11-20)25-23-24(16-8-3-9-17-24)18-21-12-6-7-13-22(21)26-23/h2,4-7,10-13,19H,3,8-9,14-18H2,1H3,(H,25,26). The van der Waals surface area contributed by atoms with E-state index in [1.54, 1.807) is 0 Å². The van der Waals surface area contributed by atoms with Crippen LogP contribution in [0.4, 0.5) is 5.69 Å². The van der Waals surface area contributed by atoms with Gasteiger partial charge in [-0.1, -0.05) is 67.8 Å². The van der Waals surface area contributed by atoms with Crippen molar-refractivity contribution in [1.29, 1.82) is 0 Å². The molecule has 26 heavy (non-hydrogen) atoms. The SMILES string of the molecule is CC(CCc1ccccc1)N=C1Nc2ccccc2CC12CCCCC2. The highest BCUT2D eigenvalue weighted by Crippen LogP contribution is 2.45. The average Bonchev–Trinajstić information content (AvgIpc) is 2.68. The van der Waals surface area contributed by atoms with Crippen molar-refractivity contribution in [3.63, 3.8) is 0 Å². The topological polar surface area (TPSA) is 24.4 Å². The molecule has 136 valence electrons. The van der Waals surface area contributed by atoms with Gasteiger partial charge in [-0.2, -0.15) is 0 Å². The van der Waals surface area contributed by atoms with Crippen molar-refractivity contribution < 1.29 is 0 Å². The van der Waals surface area contributed by atoms with E-state index < -0.39 is 0 Å². The van der Waals surface area contributed by atoms with Gasteiger partial charge in [-0.25, -0.2) is 0 Å². The summed E-state index contributed by atoms with van der Waals surface area (Å²) in [7, 11) is 0. The predicted octanol–water partition coefficient (Wildman–Crippen LogP) is 6.02. The van der Waals surface area contributed by atoms with E-state index in [4.69, 9.17) is 4.99 Å². The summed E-state index contributed by atoms with van der Waals surface area (Å²) in [5.74, 6) is 1.26. The van der Waals surface area contributed by atoms with E-state index in [0.717, 1.165) is 19.3 Å². The van der Waals surface area contributed by atoms with Crippen LogP contribution in [0, 0.1) is 5.41 Å². The van der Waals surface area contributed by atoms with E-state index in [9.17, 15) is 0 Å². The normalized spacial score (nSPS) is 21.2. The zero-order valence-electron chi connectivity index (χ0n) is 15.9. The van der Waals surface area contributed by atoms with E-state index in [-0.39, 0.29) is 5.41 Å². The maximum atomic E-state index is 5.23. The summed E-state index contributed by atoms with van der Waals surface area (Å²) in [6, 6.07) is 19.9. The third-order valence-electron chi connectivity index (χ3n) is 6.16. The van der Waals surface area contributed by atoms with Gasteiger partial charge in [-0.15, -0.1) is 0 Å². The van der Waals surface area contributed by atoms with Crippen molar-refractivity contribution in [3.05, 3.63) is 65.7 Å². The maximum absolute atomic E-state index is 5.23. The Morgan fingerprint density at radius 3 is 2.50 bits per heavy atom. The molecule has 1 saturated carbocycles. The lowest BCUT2D eigenvalue weighted by molar-refractivity contribution is 0.277. The smallest absolute Gasteiger partial charge is 0.108 e. The fraction of sp³-hybridized carbons (Fsp3) is 0.458. The average molecular weight is 347 g/mol. The molecule has 2 nitrogen and oxygen atoms in total. The van der Waals surface area contributed by atoms with E-state index >= 15 is 0 Å². The van der Waals surface area contributed by atoms with Gasteiger partial charge in [-0.05, 0) is 56.2 Å². The van der Waals surface area contributed by atoms with Gasteiger partial charge in [0.1, 0.15) is 5.84 Å². The summed E-state index contributed by atoms with van der Waals surface area (Å²) < 4.78 is 0. The Bertz CT molecular complexity index is 757. The molecule has 4 rings (SSSR count). The Balaban J connectivity index is 1.54. The lowest BCUT2D eigenvalue weighted by atomic mass is 9.67. The summed E-state index contributed by atoms with van der Waals surface area (Å²) in [6.07, 6.45) is 9.95. The number of rotatable bonds is 4. The van der Waals surface area contributed by atoms with Crippen molar-refractivity contribution in [1.82, 2.24) is 0 Å². The highest BCUT2D eigenvalue weighted by Gasteiger charge is 2.41. The minimum Gasteiger partial charge on any atom is -0.343 e. The molecule has 0 aromatic heterocycles. The van der Waals surface area contributed by atoms with Crippen molar-refractivity contribution >= 4 is 11.5 Å². The molecule has 2 aromatic carbocycles. The number of amidine groups is 1. The summed E-state index contributed by atoms with van der Waals surface area (Å²) in [6.45, 7) is 2.27. The minimum atomic E-state index is 0.244. The molecular formula is C24H30N2. The van der Waals surface area contributed by atoms with Crippen molar-refractivity contribution in [2.75, 3.05) is 5.32 Å². The first-order chi connectivity index (χ1) is 12.8. The second-order valence-electron chi connectivity index (χ2n) is 8.15. The maximum Gasteiger partial charge on any atom is 0.108 e. The van der Waals surface area contributed by atoms with Crippen molar-refractivity contribution in [3.8, 4) is 0 Å². The van der Waals surface area contributed by atoms with Crippen LogP contribution in [0.1, 0.15) is 56.6 Å². The van der Waals surface area contributed by atoms with Crippen LogP contribution in [0.15, 0.2) is 59.6 Å². The van der Waals surface area contributed by atoms with Crippen molar-refractivity contribution in [2.45, 2.75) is 64.3 Å². The van der Waals surface area contributed by atoms with Gasteiger partial charge < -0.3 is 5.32 Å². The first kappa shape index (κ1) is 17.3. The van der Waals surface area contributed by atoms with Gasteiger partial charge >= 0.3 is 0 Å². The summed E-state index contributed by atoms with van der Waals surface area (Å²) in [5, 5.41) is 3.74.